The summed E-state index contributed by atoms with van der Waals surface area (Å²) < 4.78 is 0. The van der Waals surface area contributed by atoms with Gasteiger partial charge in [-0.3, -0.25) is 9.59 Å². The lowest BCUT2D eigenvalue weighted by Crippen LogP contribution is -2.50. The summed E-state index contributed by atoms with van der Waals surface area (Å²) in [5.41, 5.74) is 5.57. The maximum absolute atomic E-state index is 11.3. The maximum atomic E-state index is 11.3. The van der Waals surface area contributed by atoms with Crippen molar-refractivity contribution < 1.29 is 9.59 Å². The van der Waals surface area contributed by atoms with E-state index in [-0.39, 0.29) is 23.9 Å². The number of carbonyl (C=O) groups is 2. The molecule has 0 aromatic heterocycles. The monoisotopic (exact) mass is 199 g/mol. The van der Waals surface area contributed by atoms with Gasteiger partial charge in [0.05, 0.1) is 6.54 Å². The molecule has 4 N–H and O–H groups in total. The molecule has 0 radical (unpaired) electrons. The number of amides is 2. The van der Waals surface area contributed by atoms with Crippen LogP contribution in [-0.4, -0.2) is 30.9 Å². The molecule has 1 rings (SSSR count). The summed E-state index contributed by atoms with van der Waals surface area (Å²) in [6, 6.07) is 0. The van der Waals surface area contributed by atoms with Gasteiger partial charge in [-0.25, -0.2) is 0 Å². The topological polar surface area (TPSA) is 84.2 Å². The van der Waals surface area contributed by atoms with Gasteiger partial charge in [0, 0.05) is 19.0 Å². The van der Waals surface area contributed by atoms with E-state index in [4.69, 9.17) is 5.73 Å². The Bertz CT molecular complexity index is 236. The number of nitrogens with two attached hydrogens (primary N) is 1. The summed E-state index contributed by atoms with van der Waals surface area (Å²) in [4.78, 5) is 22.1. The third-order valence-electron chi connectivity index (χ3n) is 2.59. The summed E-state index contributed by atoms with van der Waals surface area (Å²) in [5, 5.41) is 4.95. The van der Waals surface area contributed by atoms with Crippen LogP contribution in [0.25, 0.3) is 0 Å². The van der Waals surface area contributed by atoms with E-state index in [2.05, 4.69) is 10.6 Å². The van der Waals surface area contributed by atoms with Crippen molar-refractivity contribution in [3.05, 3.63) is 0 Å². The molecule has 1 saturated carbocycles. The number of rotatable bonds is 4. The minimum absolute atomic E-state index is 0.0331. The average molecular weight is 199 g/mol. The summed E-state index contributed by atoms with van der Waals surface area (Å²) in [5.74, 6) is -0.339. The van der Waals surface area contributed by atoms with Crippen LogP contribution in [0.2, 0.25) is 0 Å². The van der Waals surface area contributed by atoms with Gasteiger partial charge in [0.2, 0.25) is 11.8 Å². The minimum Gasteiger partial charge on any atom is -0.358 e. The van der Waals surface area contributed by atoms with Crippen molar-refractivity contribution in [2.45, 2.75) is 31.2 Å². The van der Waals surface area contributed by atoms with E-state index in [1.165, 1.54) is 7.05 Å². The van der Waals surface area contributed by atoms with Crippen LogP contribution in [-0.2, 0) is 9.59 Å². The summed E-state index contributed by atoms with van der Waals surface area (Å²) >= 11 is 0. The Kier molecular flexibility index (Phi) is 3.46. The second kappa shape index (κ2) is 4.41. The molecule has 0 spiro atoms. The molecular formula is C9H17N3O2. The summed E-state index contributed by atoms with van der Waals surface area (Å²) in [6.07, 6.45) is 3.23. The molecule has 1 aliphatic rings. The SMILES string of the molecule is CNC(=O)CNC(=O)CC1(N)CCC1. The molecule has 0 bridgehead atoms. The molecule has 14 heavy (non-hydrogen) atoms. The van der Waals surface area contributed by atoms with Crippen molar-refractivity contribution in [2.24, 2.45) is 5.73 Å². The molecule has 0 saturated heterocycles. The summed E-state index contributed by atoms with van der Waals surface area (Å²) in [7, 11) is 1.53. The van der Waals surface area contributed by atoms with Crippen molar-refractivity contribution in [3.8, 4) is 0 Å². The maximum Gasteiger partial charge on any atom is 0.239 e. The Hall–Kier alpha value is -1.10. The fourth-order valence-electron chi connectivity index (χ4n) is 1.46. The second-order valence-corrected chi connectivity index (χ2v) is 3.84. The second-order valence-electron chi connectivity index (χ2n) is 3.84. The lowest BCUT2D eigenvalue weighted by Gasteiger charge is -2.37. The minimum atomic E-state index is -0.313. The zero-order valence-corrected chi connectivity index (χ0v) is 8.43. The number of likely N-dealkylation sites (N-methyl/N-ethyl adjacent to an activating group) is 1. The molecule has 0 aromatic carbocycles. The molecule has 80 valence electrons. The molecule has 1 fully saturated rings. The van der Waals surface area contributed by atoms with Gasteiger partial charge >= 0.3 is 0 Å². The van der Waals surface area contributed by atoms with Gasteiger partial charge in [0.25, 0.3) is 0 Å². The first kappa shape index (κ1) is 11.0. The molecule has 0 heterocycles. The zero-order valence-electron chi connectivity index (χ0n) is 8.43. The largest absolute Gasteiger partial charge is 0.358 e. The zero-order chi connectivity index (χ0) is 10.6. The molecule has 0 unspecified atom stereocenters. The Morgan fingerprint density at radius 2 is 2.00 bits per heavy atom. The highest BCUT2D eigenvalue weighted by molar-refractivity contribution is 5.85. The predicted octanol–water partition coefficient (Wildman–Crippen LogP) is -0.880. The molecule has 0 aliphatic heterocycles. The average Bonchev–Trinajstić information content (AvgIpc) is 2.11. The standard InChI is InChI=1S/C9H17N3O2/c1-11-8(14)6-12-7(13)5-9(10)3-2-4-9/h2-6,10H2,1H3,(H,11,14)(H,12,13). The quantitative estimate of drug-likeness (QED) is 0.549. The first-order valence-electron chi connectivity index (χ1n) is 4.82. The van der Waals surface area contributed by atoms with Crippen molar-refractivity contribution >= 4 is 11.8 Å². The van der Waals surface area contributed by atoms with Gasteiger partial charge in [0.1, 0.15) is 0 Å². The van der Waals surface area contributed by atoms with Crippen molar-refractivity contribution in [1.29, 1.82) is 0 Å². The van der Waals surface area contributed by atoms with E-state index < -0.39 is 0 Å². The molecule has 5 nitrogen and oxygen atoms in total. The first-order valence-corrected chi connectivity index (χ1v) is 4.82. The van der Waals surface area contributed by atoms with Crippen LogP contribution in [0, 0.1) is 0 Å². The van der Waals surface area contributed by atoms with Crippen LogP contribution in [0.5, 0.6) is 0 Å². The Labute approximate surface area is 83.4 Å². The normalized spacial score (nSPS) is 18.1. The van der Waals surface area contributed by atoms with Gasteiger partial charge in [0.15, 0.2) is 0 Å². The third kappa shape index (κ3) is 2.99. The van der Waals surface area contributed by atoms with E-state index in [0.717, 1.165) is 19.3 Å². The van der Waals surface area contributed by atoms with E-state index in [9.17, 15) is 9.59 Å². The highest BCUT2D eigenvalue weighted by Gasteiger charge is 2.34. The number of carbonyl (C=O) groups excluding carboxylic acids is 2. The lowest BCUT2D eigenvalue weighted by atomic mass is 9.75. The molecule has 2 amide bonds. The molecule has 1 aliphatic carbocycles. The molecular weight excluding hydrogens is 182 g/mol. The molecule has 5 heteroatoms. The van der Waals surface area contributed by atoms with Gasteiger partial charge in [-0.2, -0.15) is 0 Å². The highest BCUT2D eigenvalue weighted by Crippen LogP contribution is 2.31. The van der Waals surface area contributed by atoms with Crippen LogP contribution >= 0.6 is 0 Å². The number of hydrogen-bond acceptors (Lipinski definition) is 3. The first-order chi connectivity index (χ1) is 6.56. The smallest absolute Gasteiger partial charge is 0.239 e. The van der Waals surface area contributed by atoms with Crippen LogP contribution in [0.4, 0.5) is 0 Å². The van der Waals surface area contributed by atoms with E-state index in [1.807, 2.05) is 0 Å². The fraction of sp³-hybridized carbons (Fsp3) is 0.778. The van der Waals surface area contributed by atoms with Crippen molar-refractivity contribution in [3.63, 3.8) is 0 Å². The number of nitrogens with one attached hydrogen (secondary N) is 2. The van der Waals surface area contributed by atoms with Gasteiger partial charge in [-0.15, -0.1) is 0 Å². The van der Waals surface area contributed by atoms with Crippen LogP contribution < -0.4 is 16.4 Å². The van der Waals surface area contributed by atoms with Gasteiger partial charge < -0.3 is 16.4 Å². The third-order valence-corrected chi connectivity index (χ3v) is 2.59. The predicted molar refractivity (Wildman–Crippen MR) is 52.5 cm³/mol. The highest BCUT2D eigenvalue weighted by atomic mass is 16.2. The van der Waals surface area contributed by atoms with Gasteiger partial charge in [-0.1, -0.05) is 0 Å². The fourth-order valence-corrected chi connectivity index (χ4v) is 1.46. The van der Waals surface area contributed by atoms with E-state index in [0.29, 0.717) is 6.42 Å². The molecule has 0 aromatic rings. The lowest BCUT2D eigenvalue weighted by molar-refractivity contribution is -0.127. The Balaban J connectivity index is 2.19. The van der Waals surface area contributed by atoms with Gasteiger partial charge in [-0.05, 0) is 19.3 Å². The van der Waals surface area contributed by atoms with Crippen molar-refractivity contribution in [2.75, 3.05) is 13.6 Å². The van der Waals surface area contributed by atoms with Crippen LogP contribution in [0.3, 0.4) is 0 Å². The van der Waals surface area contributed by atoms with Crippen molar-refractivity contribution in [1.82, 2.24) is 10.6 Å². The van der Waals surface area contributed by atoms with Crippen LogP contribution in [0.1, 0.15) is 25.7 Å². The Morgan fingerprint density at radius 3 is 2.43 bits per heavy atom. The Morgan fingerprint density at radius 1 is 1.36 bits per heavy atom. The van der Waals surface area contributed by atoms with E-state index >= 15 is 0 Å². The number of hydrogen-bond donors (Lipinski definition) is 3. The molecule has 0 atom stereocenters. The van der Waals surface area contributed by atoms with Crippen LogP contribution in [0.15, 0.2) is 0 Å². The van der Waals surface area contributed by atoms with E-state index in [1.54, 1.807) is 0 Å². The summed E-state index contributed by atoms with van der Waals surface area (Å²) in [6.45, 7) is 0.0331.